The van der Waals surface area contributed by atoms with E-state index in [0.717, 1.165) is 24.3 Å². The van der Waals surface area contributed by atoms with Crippen molar-refractivity contribution in [1.82, 2.24) is 9.55 Å². The summed E-state index contributed by atoms with van der Waals surface area (Å²) in [4.78, 5) is 4.64. The highest BCUT2D eigenvalue weighted by atomic mass is 15.1. The van der Waals surface area contributed by atoms with E-state index in [9.17, 15) is 0 Å². The van der Waals surface area contributed by atoms with Gasteiger partial charge >= 0.3 is 0 Å². The summed E-state index contributed by atoms with van der Waals surface area (Å²) in [7, 11) is 0. The number of hydrogen-bond acceptors (Lipinski definition) is 2. The molecule has 0 aliphatic rings. The zero-order valence-corrected chi connectivity index (χ0v) is 9.82. The predicted molar refractivity (Wildman–Crippen MR) is 67.4 cm³/mol. The predicted octanol–water partition coefficient (Wildman–Crippen LogP) is 2.34. The highest BCUT2D eigenvalue weighted by Crippen LogP contribution is 2.17. The Hall–Kier alpha value is -1.35. The number of nitrogens with two attached hydrogens (primary N) is 1. The molecule has 0 spiro atoms. The third kappa shape index (κ3) is 2.09. The van der Waals surface area contributed by atoms with Gasteiger partial charge in [0.05, 0.1) is 11.0 Å². The number of aromatic nitrogens is 2. The molecule has 0 radical (unpaired) electrons. The van der Waals surface area contributed by atoms with Crippen LogP contribution in [0.1, 0.15) is 25.6 Å². The Morgan fingerprint density at radius 3 is 2.88 bits per heavy atom. The van der Waals surface area contributed by atoms with E-state index in [1.54, 1.807) is 0 Å². The minimum atomic E-state index is 0.662. The summed E-state index contributed by atoms with van der Waals surface area (Å²) in [6, 6.07) is 8.31. The molecule has 1 aromatic carbocycles. The molecule has 3 nitrogen and oxygen atoms in total. The molecule has 86 valence electrons. The third-order valence-electron chi connectivity index (χ3n) is 2.84. The van der Waals surface area contributed by atoms with E-state index in [-0.39, 0.29) is 0 Å². The van der Waals surface area contributed by atoms with Gasteiger partial charge in [-0.1, -0.05) is 25.5 Å². The molecule has 0 aliphatic heterocycles. The second kappa shape index (κ2) is 5.12. The van der Waals surface area contributed by atoms with Gasteiger partial charge in [-0.05, 0) is 25.1 Å². The van der Waals surface area contributed by atoms with E-state index >= 15 is 0 Å². The Kier molecular flexibility index (Phi) is 3.57. The van der Waals surface area contributed by atoms with Crippen LogP contribution in [0.4, 0.5) is 0 Å². The molecule has 0 fully saturated rings. The van der Waals surface area contributed by atoms with Crippen LogP contribution < -0.4 is 5.73 Å². The van der Waals surface area contributed by atoms with E-state index in [0.29, 0.717) is 6.54 Å². The number of hydrogen-bond donors (Lipinski definition) is 1. The first kappa shape index (κ1) is 11.1. The quantitative estimate of drug-likeness (QED) is 0.835. The lowest BCUT2D eigenvalue weighted by Crippen LogP contribution is -2.10. The van der Waals surface area contributed by atoms with Crippen molar-refractivity contribution in [3.8, 4) is 0 Å². The van der Waals surface area contributed by atoms with Crippen LogP contribution in [0.15, 0.2) is 24.3 Å². The minimum absolute atomic E-state index is 0.662. The smallest absolute Gasteiger partial charge is 0.111 e. The fraction of sp³-hybridized carbons (Fsp3) is 0.462. The van der Waals surface area contributed by atoms with E-state index < -0.39 is 0 Å². The Morgan fingerprint density at radius 1 is 1.31 bits per heavy atom. The van der Waals surface area contributed by atoms with Crippen molar-refractivity contribution < 1.29 is 0 Å². The van der Waals surface area contributed by atoms with Crippen molar-refractivity contribution in [3.05, 3.63) is 30.1 Å². The van der Waals surface area contributed by atoms with Crippen molar-refractivity contribution in [1.29, 1.82) is 0 Å². The molecule has 1 aromatic heterocycles. The molecule has 16 heavy (non-hydrogen) atoms. The standard InChI is InChI=1S/C13H19N3/c1-2-3-10-16-12-7-5-4-6-11(12)15-13(16)8-9-14/h4-7H,2-3,8-10,14H2,1H3. The van der Waals surface area contributed by atoms with Gasteiger partial charge in [-0.3, -0.25) is 0 Å². The maximum absolute atomic E-state index is 5.63. The van der Waals surface area contributed by atoms with Gasteiger partial charge in [0.15, 0.2) is 0 Å². The molecule has 3 heteroatoms. The third-order valence-corrected chi connectivity index (χ3v) is 2.84. The maximum atomic E-state index is 5.63. The largest absolute Gasteiger partial charge is 0.330 e. The second-order valence-corrected chi connectivity index (χ2v) is 4.06. The van der Waals surface area contributed by atoms with Gasteiger partial charge in [-0.2, -0.15) is 0 Å². The van der Waals surface area contributed by atoms with Crippen LogP contribution in [-0.2, 0) is 13.0 Å². The first-order valence-electron chi connectivity index (χ1n) is 6.01. The van der Waals surface area contributed by atoms with Gasteiger partial charge in [-0.15, -0.1) is 0 Å². The van der Waals surface area contributed by atoms with Crippen LogP contribution in [0.5, 0.6) is 0 Å². The first-order valence-corrected chi connectivity index (χ1v) is 6.01. The average Bonchev–Trinajstić information content (AvgIpc) is 2.65. The van der Waals surface area contributed by atoms with Crippen LogP contribution in [0.25, 0.3) is 11.0 Å². The van der Waals surface area contributed by atoms with Gasteiger partial charge in [0.2, 0.25) is 0 Å². The molecule has 0 saturated carbocycles. The monoisotopic (exact) mass is 217 g/mol. The molecule has 0 saturated heterocycles. The summed E-state index contributed by atoms with van der Waals surface area (Å²) in [6.07, 6.45) is 3.25. The van der Waals surface area contributed by atoms with E-state index in [4.69, 9.17) is 5.73 Å². The summed E-state index contributed by atoms with van der Waals surface area (Å²) >= 11 is 0. The number of aryl methyl sites for hydroxylation is 1. The van der Waals surface area contributed by atoms with Crippen molar-refractivity contribution in [2.75, 3.05) is 6.54 Å². The lowest BCUT2D eigenvalue weighted by Gasteiger charge is -2.07. The van der Waals surface area contributed by atoms with Crippen molar-refractivity contribution in [2.24, 2.45) is 5.73 Å². The summed E-state index contributed by atoms with van der Waals surface area (Å²) in [5.74, 6) is 1.12. The van der Waals surface area contributed by atoms with Crippen LogP contribution in [0, 0.1) is 0 Å². The Labute approximate surface area is 96.3 Å². The minimum Gasteiger partial charge on any atom is -0.330 e. The van der Waals surface area contributed by atoms with Crippen LogP contribution >= 0.6 is 0 Å². The number of nitrogens with zero attached hydrogens (tertiary/aromatic N) is 2. The molecule has 0 atom stereocenters. The topological polar surface area (TPSA) is 43.8 Å². The number of para-hydroxylation sites is 2. The molecule has 1 heterocycles. The molecular weight excluding hydrogens is 198 g/mol. The Balaban J connectivity index is 2.42. The van der Waals surface area contributed by atoms with Gasteiger partial charge in [-0.25, -0.2) is 4.98 Å². The average molecular weight is 217 g/mol. The zero-order chi connectivity index (χ0) is 11.4. The summed E-state index contributed by atoms with van der Waals surface area (Å²) in [5.41, 5.74) is 7.95. The normalized spacial score (nSPS) is 11.1. The lowest BCUT2D eigenvalue weighted by atomic mass is 10.3. The van der Waals surface area contributed by atoms with E-state index in [1.165, 1.54) is 18.4 Å². The Bertz CT molecular complexity index is 459. The molecular formula is C13H19N3. The summed E-state index contributed by atoms with van der Waals surface area (Å²) < 4.78 is 2.31. The summed E-state index contributed by atoms with van der Waals surface area (Å²) in [5, 5.41) is 0. The van der Waals surface area contributed by atoms with Gasteiger partial charge in [0.25, 0.3) is 0 Å². The van der Waals surface area contributed by atoms with E-state index in [2.05, 4.69) is 34.7 Å². The zero-order valence-electron chi connectivity index (χ0n) is 9.82. The highest BCUT2D eigenvalue weighted by Gasteiger charge is 2.08. The molecule has 2 rings (SSSR count). The van der Waals surface area contributed by atoms with Crippen molar-refractivity contribution in [2.45, 2.75) is 32.7 Å². The molecule has 0 amide bonds. The molecule has 0 bridgehead atoms. The number of unbranched alkanes of at least 4 members (excludes halogenated alkanes) is 1. The van der Waals surface area contributed by atoms with Crippen molar-refractivity contribution in [3.63, 3.8) is 0 Å². The SMILES string of the molecule is CCCCn1c(CCN)nc2ccccc21. The van der Waals surface area contributed by atoms with Crippen LogP contribution in [0.2, 0.25) is 0 Å². The molecule has 2 N–H and O–H groups in total. The fourth-order valence-corrected chi connectivity index (χ4v) is 2.01. The number of benzene rings is 1. The van der Waals surface area contributed by atoms with E-state index in [1.807, 2.05) is 6.07 Å². The molecule has 0 unspecified atom stereocenters. The molecule has 2 aromatic rings. The van der Waals surface area contributed by atoms with Crippen molar-refractivity contribution >= 4 is 11.0 Å². The lowest BCUT2D eigenvalue weighted by molar-refractivity contribution is 0.615. The number of fused-ring (bicyclic) bond motifs is 1. The number of imidazole rings is 1. The van der Waals surface area contributed by atoms with Crippen LogP contribution in [0.3, 0.4) is 0 Å². The van der Waals surface area contributed by atoms with Gasteiger partial charge in [0, 0.05) is 13.0 Å². The maximum Gasteiger partial charge on any atom is 0.111 e. The van der Waals surface area contributed by atoms with Gasteiger partial charge in [0.1, 0.15) is 5.82 Å². The summed E-state index contributed by atoms with van der Waals surface area (Å²) in [6.45, 7) is 3.92. The second-order valence-electron chi connectivity index (χ2n) is 4.06. The Morgan fingerprint density at radius 2 is 2.12 bits per heavy atom. The molecule has 0 aliphatic carbocycles. The highest BCUT2D eigenvalue weighted by molar-refractivity contribution is 5.75. The first-order chi connectivity index (χ1) is 7.86. The van der Waals surface area contributed by atoms with Crippen LogP contribution in [-0.4, -0.2) is 16.1 Å². The fourth-order valence-electron chi connectivity index (χ4n) is 2.01. The number of rotatable bonds is 5. The van der Waals surface area contributed by atoms with Gasteiger partial charge < -0.3 is 10.3 Å².